The van der Waals surface area contributed by atoms with Gasteiger partial charge in [0, 0.05) is 0 Å². The van der Waals surface area contributed by atoms with E-state index in [1.165, 1.54) is 5.30 Å². The van der Waals surface area contributed by atoms with Crippen LogP contribution in [0.1, 0.15) is 0 Å². The summed E-state index contributed by atoms with van der Waals surface area (Å²) in [6.07, 6.45) is 0. The Morgan fingerprint density at radius 3 is 1.56 bits per heavy atom. The Labute approximate surface area is 103 Å². The zero-order valence-corrected chi connectivity index (χ0v) is 5.12. The molecule has 40 valence electrons. The van der Waals surface area contributed by atoms with Gasteiger partial charge in [0.25, 0.3) is 0 Å². The summed E-state index contributed by atoms with van der Waals surface area (Å²) in [6.45, 7) is 0. The summed E-state index contributed by atoms with van der Waals surface area (Å²) in [5.41, 5.74) is 0. The molecule has 0 heterocycles. The average molecular weight is 158 g/mol. The van der Waals surface area contributed by atoms with Gasteiger partial charge in [-0.25, -0.2) is 0 Å². The summed E-state index contributed by atoms with van der Waals surface area (Å²) in [5, 5.41) is 1.24. The van der Waals surface area contributed by atoms with Crippen molar-refractivity contribution in [1.82, 2.24) is 0 Å². The van der Waals surface area contributed by atoms with Crippen LogP contribution in [-0.2, 0) is 0 Å². The van der Waals surface area contributed by atoms with Gasteiger partial charge in [0.2, 0.25) is 0 Å². The molecular weight excluding hydrogens is 149 g/mol. The SMILES string of the molecule is Pc1ccccc1.[NaH].[NaH]. The standard InChI is InChI=1S/C6H7P.2Na.2H/c7-6-4-2-1-3-5-6;;;;/h1-5H,7H2;;;;. The first-order valence-corrected chi connectivity index (χ1v) is 2.78. The van der Waals surface area contributed by atoms with Gasteiger partial charge in [-0.3, -0.25) is 0 Å². The van der Waals surface area contributed by atoms with E-state index in [9.17, 15) is 0 Å². The summed E-state index contributed by atoms with van der Waals surface area (Å²) in [5.74, 6) is 0. The van der Waals surface area contributed by atoms with Gasteiger partial charge in [-0.2, -0.15) is 0 Å². The van der Waals surface area contributed by atoms with E-state index < -0.39 is 0 Å². The molecule has 3 heteroatoms. The summed E-state index contributed by atoms with van der Waals surface area (Å²) in [7, 11) is 2.63. The van der Waals surface area contributed by atoms with Crippen LogP contribution in [-0.4, -0.2) is 59.1 Å². The molecule has 9 heavy (non-hydrogen) atoms. The predicted molar refractivity (Wildman–Crippen MR) is 50.1 cm³/mol. The molecule has 0 fully saturated rings. The van der Waals surface area contributed by atoms with Crippen molar-refractivity contribution in [3.05, 3.63) is 30.3 Å². The van der Waals surface area contributed by atoms with Crippen molar-refractivity contribution in [2.75, 3.05) is 0 Å². The van der Waals surface area contributed by atoms with Crippen LogP contribution in [0.4, 0.5) is 0 Å². The number of rotatable bonds is 0. The molecule has 0 radical (unpaired) electrons. The molecule has 0 aliphatic heterocycles. The van der Waals surface area contributed by atoms with Crippen molar-refractivity contribution in [3.8, 4) is 0 Å². The van der Waals surface area contributed by atoms with E-state index in [1.54, 1.807) is 0 Å². The molecule has 0 nitrogen and oxygen atoms in total. The maximum atomic E-state index is 2.63. The third-order valence-corrected chi connectivity index (χ3v) is 1.18. The molecule has 0 bridgehead atoms. The molecule has 0 saturated heterocycles. The monoisotopic (exact) mass is 158 g/mol. The van der Waals surface area contributed by atoms with Gasteiger partial charge in [0.05, 0.1) is 0 Å². The average Bonchev–Trinajstić information content (AvgIpc) is 1.69. The number of hydrogen-bond donors (Lipinski definition) is 0. The van der Waals surface area contributed by atoms with Crippen molar-refractivity contribution >= 4 is 73.7 Å². The van der Waals surface area contributed by atoms with Crippen LogP contribution in [0.3, 0.4) is 0 Å². The molecule has 0 aromatic heterocycles. The second kappa shape index (κ2) is 7.75. The predicted octanol–water partition coefficient (Wildman–Crippen LogP) is -0.110. The minimum atomic E-state index is 0. The van der Waals surface area contributed by atoms with Gasteiger partial charge in [-0.15, -0.1) is 9.24 Å². The molecule has 0 N–H and O–H groups in total. The van der Waals surface area contributed by atoms with Crippen LogP contribution < -0.4 is 5.30 Å². The van der Waals surface area contributed by atoms with Gasteiger partial charge >= 0.3 is 59.1 Å². The van der Waals surface area contributed by atoms with Crippen LogP contribution in [0.15, 0.2) is 30.3 Å². The van der Waals surface area contributed by atoms with Gasteiger partial charge in [-0.05, 0) is 5.30 Å². The Morgan fingerprint density at radius 1 is 0.889 bits per heavy atom. The first kappa shape index (κ1) is 13.3. The summed E-state index contributed by atoms with van der Waals surface area (Å²) < 4.78 is 0. The van der Waals surface area contributed by atoms with E-state index >= 15 is 0 Å². The molecule has 0 aliphatic rings. The topological polar surface area (TPSA) is 0 Å². The zero-order valence-electron chi connectivity index (χ0n) is 3.96. The summed E-state index contributed by atoms with van der Waals surface area (Å²) in [4.78, 5) is 0. The van der Waals surface area contributed by atoms with E-state index in [4.69, 9.17) is 0 Å². The van der Waals surface area contributed by atoms with Crippen molar-refractivity contribution in [2.24, 2.45) is 0 Å². The van der Waals surface area contributed by atoms with E-state index in [2.05, 4.69) is 9.24 Å². The maximum absolute atomic E-state index is 2.63. The molecule has 1 unspecified atom stereocenters. The fraction of sp³-hybridized carbons (Fsp3) is 0. The molecule has 1 rings (SSSR count). The third kappa shape index (κ3) is 6.06. The number of benzene rings is 1. The zero-order chi connectivity index (χ0) is 5.11. The molecule has 0 aliphatic carbocycles. The van der Waals surface area contributed by atoms with Crippen molar-refractivity contribution < 1.29 is 0 Å². The van der Waals surface area contributed by atoms with Crippen molar-refractivity contribution in [1.29, 1.82) is 0 Å². The van der Waals surface area contributed by atoms with E-state index in [0.717, 1.165) is 0 Å². The Kier molecular flexibility index (Phi) is 11.4. The Morgan fingerprint density at radius 2 is 1.33 bits per heavy atom. The van der Waals surface area contributed by atoms with Crippen LogP contribution in [0.5, 0.6) is 0 Å². The van der Waals surface area contributed by atoms with Crippen molar-refractivity contribution in [2.45, 2.75) is 0 Å². The van der Waals surface area contributed by atoms with Crippen LogP contribution in [0.2, 0.25) is 0 Å². The van der Waals surface area contributed by atoms with Gasteiger partial charge in [0.15, 0.2) is 0 Å². The number of hydrogen-bond acceptors (Lipinski definition) is 0. The third-order valence-electron chi connectivity index (χ3n) is 0.800. The molecule has 1 atom stereocenters. The fourth-order valence-electron chi connectivity index (χ4n) is 0.453. The molecule has 1 aromatic rings. The van der Waals surface area contributed by atoms with Crippen LogP contribution >= 0.6 is 9.24 Å². The Balaban J connectivity index is 0. The summed E-state index contributed by atoms with van der Waals surface area (Å²) >= 11 is 0. The van der Waals surface area contributed by atoms with Gasteiger partial charge in [0.1, 0.15) is 0 Å². The van der Waals surface area contributed by atoms with Gasteiger partial charge in [-0.1, -0.05) is 30.3 Å². The van der Waals surface area contributed by atoms with Gasteiger partial charge < -0.3 is 0 Å². The summed E-state index contributed by atoms with van der Waals surface area (Å²) in [6, 6.07) is 10.1. The Bertz CT molecular complexity index is 141. The van der Waals surface area contributed by atoms with Crippen molar-refractivity contribution in [3.63, 3.8) is 0 Å². The quantitative estimate of drug-likeness (QED) is 0.365. The molecule has 0 saturated carbocycles. The van der Waals surface area contributed by atoms with Crippen LogP contribution in [0.25, 0.3) is 0 Å². The second-order valence-corrected chi connectivity index (χ2v) is 2.08. The van der Waals surface area contributed by atoms with E-state index in [1.807, 2.05) is 30.3 Å². The Hall–Kier alpha value is 1.65. The fourth-order valence-corrected chi connectivity index (χ4v) is 0.675. The minimum absolute atomic E-state index is 0. The first-order chi connectivity index (χ1) is 3.39. The van der Waals surface area contributed by atoms with E-state index in [-0.39, 0.29) is 59.1 Å². The first-order valence-electron chi connectivity index (χ1n) is 2.20. The molecule has 0 amide bonds. The normalized spacial score (nSPS) is 6.78. The second-order valence-electron chi connectivity index (χ2n) is 1.41. The molecule has 0 spiro atoms. The van der Waals surface area contributed by atoms with E-state index in [0.29, 0.717) is 0 Å². The molecule has 1 aromatic carbocycles. The van der Waals surface area contributed by atoms with Crippen LogP contribution in [0, 0.1) is 0 Å². The molecular formula is C6H9Na2P.